The number of thioether (sulfide) groups is 2. The summed E-state index contributed by atoms with van der Waals surface area (Å²) in [6, 6.07) is 0. The summed E-state index contributed by atoms with van der Waals surface area (Å²) in [6.07, 6.45) is -0.857. The van der Waals surface area contributed by atoms with E-state index in [0.717, 1.165) is 28.4 Å². The molecular weight excluding hydrogens is 315 g/mol. The maximum absolute atomic E-state index is 11.8. The van der Waals surface area contributed by atoms with Gasteiger partial charge in [0.25, 0.3) is 0 Å². The van der Waals surface area contributed by atoms with E-state index >= 15 is 0 Å². The molecule has 2 heterocycles. The molecule has 0 unspecified atom stereocenters. The Labute approximate surface area is 145 Å². The number of carbonyl (C=O) groups excluding carboxylic acids is 3. The number of nitrogens with two attached hydrogens (primary N) is 1. The van der Waals surface area contributed by atoms with E-state index in [1.54, 1.807) is 0 Å². The van der Waals surface area contributed by atoms with E-state index in [1.165, 1.54) is 6.92 Å². The number of nitrogens with zero attached hydrogens (tertiary/aromatic N) is 1. The van der Waals surface area contributed by atoms with Crippen LogP contribution in [0.2, 0.25) is 0 Å². The first-order chi connectivity index (χ1) is 8.84. The number of amides is 2. The van der Waals surface area contributed by atoms with Crippen molar-refractivity contribution < 1.29 is 54.2 Å². The molecule has 0 aromatic carbocycles. The first kappa shape index (κ1) is 17.9. The van der Waals surface area contributed by atoms with Crippen molar-refractivity contribution in [2.24, 2.45) is 11.7 Å². The molecule has 20 heavy (non-hydrogen) atoms. The molecule has 7 nitrogen and oxygen atoms in total. The van der Waals surface area contributed by atoms with Crippen molar-refractivity contribution in [3.63, 3.8) is 0 Å². The molecule has 1 fully saturated rings. The molecule has 3 N–H and O–H groups in total. The Kier molecular flexibility index (Phi) is 6.00. The van der Waals surface area contributed by atoms with Crippen molar-refractivity contribution in [3.8, 4) is 0 Å². The van der Waals surface area contributed by atoms with Gasteiger partial charge in [0.05, 0.1) is 33.7 Å². The van der Waals surface area contributed by atoms with Crippen LogP contribution in [0, 0.1) is 5.92 Å². The van der Waals surface area contributed by atoms with E-state index in [4.69, 9.17) is 5.73 Å². The average molecular weight is 326 g/mol. The van der Waals surface area contributed by atoms with Crippen LogP contribution in [-0.2, 0) is 14.4 Å². The summed E-state index contributed by atoms with van der Waals surface area (Å²) in [5.41, 5.74) is 4.77. The van der Waals surface area contributed by atoms with Gasteiger partial charge in [-0.05, 0) is 6.92 Å². The Morgan fingerprint density at radius 2 is 2.20 bits per heavy atom. The second kappa shape index (κ2) is 6.71. The number of carboxylic acids is 1. The zero-order valence-electron chi connectivity index (χ0n) is 10.9. The number of rotatable bonds is 5. The Bertz CT molecular complexity index is 496. The van der Waals surface area contributed by atoms with E-state index in [1.807, 2.05) is 0 Å². The quantitative estimate of drug-likeness (QED) is 0.383. The second-order valence-corrected chi connectivity index (χ2v) is 6.53. The van der Waals surface area contributed by atoms with Crippen LogP contribution in [0.1, 0.15) is 6.92 Å². The molecule has 2 amide bonds. The Morgan fingerprint density at radius 3 is 2.65 bits per heavy atom. The Balaban J connectivity index is 0.00000200. The number of β-lactam (4-membered cyclic amide) rings is 1. The fraction of sp³-hybridized carbons (Fsp3) is 0.500. The molecule has 0 bridgehead atoms. The molecule has 10 heteroatoms. The first-order valence-corrected chi connectivity index (χ1v) is 7.25. The van der Waals surface area contributed by atoms with Crippen molar-refractivity contribution in [1.29, 1.82) is 0 Å². The molecule has 0 aromatic heterocycles. The number of hydrogen-bond donors (Lipinski definition) is 2. The standard InChI is InChI=1S/C10H12N2O5S2.Na/c1-3(13)5-7(15)12-6(9(16)17)10(19-8(5)12)18-2-4(11)14;/h3,5,8,13H,2H2,1H3,(H2,11,14)(H,16,17);/q;+1/p-1/t3-,5+,8-;/m1./s1. The minimum Gasteiger partial charge on any atom is -0.543 e. The van der Waals surface area contributed by atoms with Crippen LogP contribution in [0.15, 0.2) is 9.93 Å². The van der Waals surface area contributed by atoms with Gasteiger partial charge in [0.2, 0.25) is 11.8 Å². The summed E-state index contributed by atoms with van der Waals surface area (Å²) in [6.45, 7) is 1.48. The van der Waals surface area contributed by atoms with Crippen LogP contribution in [0.5, 0.6) is 0 Å². The molecule has 1 saturated heterocycles. The van der Waals surface area contributed by atoms with E-state index < -0.39 is 35.2 Å². The number of carbonyl (C=O) groups is 3. The van der Waals surface area contributed by atoms with Gasteiger partial charge in [-0.25, -0.2) is 0 Å². The minimum atomic E-state index is -1.47. The Hall–Kier alpha value is -0.190. The number of hydrogen-bond acceptors (Lipinski definition) is 7. The smallest absolute Gasteiger partial charge is 0.543 e. The summed E-state index contributed by atoms with van der Waals surface area (Å²) < 4.78 is 0.320. The van der Waals surface area contributed by atoms with Gasteiger partial charge in [-0.3, -0.25) is 14.5 Å². The number of aliphatic hydroxyl groups is 1. The number of aliphatic carboxylic acids is 1. The van der Waals surface area contributed by atoms with Gasteiger partial charge >= 0.3 is 29.6 Å². The van der Waals surface area contributed by atoms with Crippen molar-refractivity contribution in [3.05, 3.63) is 9.93 Å². The van der Waals surface area contributed by atoms with Crippen LogP contribution in [0.3, 0.4) is 0 Å². The molecule has 2 aliphatic rings. The van der Waals surface area contributed by atoms with Gasteiger partial charge in [-0.2, -0.15) is 0 Å². The molecule has 0 radical (unpaired) electrons. The van der Waals surface area contributed by atoms with Crippen molar-refractivity contribution >= 4 is 41.3 Å². The van der Waals surface area contributed by atoms with Gasteiger partial charge in [-0.15, -0.1) is 11.8 Å². The maximum atomic E-state index is 11.8. The number of fused-ring (bicyclic) bond motifs is 1. The van der Waals surface area contributed by atoms with Crippen molar-refractivity contribution in [1.82, 2.24) is 4.90 Å². The normalized spacial score (nSPS) is 25.7. The summed E-state index contributed by atoms with van der Waals surface area (Å²) >= 11 is 2.10. The van der Waals surface area contributed by atoms with Crippen LogP contribution < -0.4 is 40.4 Å². The molecular formula is C10H11N2NaO5S2. The zero-order chi connectivity index (χ0) is 14.3. The topological polar surface area (TPSA) is 124 Å². The molecule has 0 aromatic rings. The van der Waals surface area contributed by atoms with Gasteiger partial charge < -0.3 is 20.7 Å². The van der Waals surface area contributed by atoms with Crippen molar-refractivity contribution in [2.45, 2.75) is 18.4 Å². The van der Waals surface area contributed by atoms with E-state index in [-0.39, 0.29) is 41.0 Å². The van der Waals surface area contributed by atoms with Gasteiger partial charge in [0.15, 0.2) is 0 Å². The van der Waals surface area contributed by atoms with Crippen molar-refractivity contribution in [2.75, 3.05) is 5.75 Å². The molecule has 104 valence electrons. The van der Waals surface area contributed by atoms with E-state index in [0.29, 0.717) is 4.24 Å². The molecule has 0 aliphatic carbocycles. The maximum Gasteiger partial charge on any atom is 1.00 e. The van der Waals surface area contributed by atoms with Gasteiger partial charge in [-0.1, -0.05) is 11.8 Å². The zero-order valence-corrected chi connectivity index (χ0v) is 14.5. The molecule has 3 atom stereocenters. The minimum absolute atomic E-state index is 0. The molecule has 0 spiro atoms. The molecule has 0 saturated carbocycles. The van der Waals surface area contributed by atoms with Gasteiger partial charge in [0.1, 0.15) is 5.37 Å². The molecule has 2 aliphatic heterocycles. The summed E-state index contributed by atoms with van der Waals surface area (Å²) in [7, 11) is 0. The summed E-state index contributed by atoms with van der Waals surface area (Å²) in [5, 5.41) is 20.1. The summed E-state index contributed by atoms with van der Waals surface area (Å²) in [5.74, 6) is -3.21. The second-order valence-electron chi connectivity index (χ2n) is 4.16. The number of aliphatic hydroxyl groups excluding tert-OH is 1. The monoisotopic (exact) mass is 326 g/mol. The van der Waals surface area contributed by atoms with Crippen LogP contribution in [0.25, 0.3) is 0 Å². The fourth-order valence-electron chi connectivity index (χ4n) is 1.98. The molecule has 2 rings (SSSR count). The van der Waals surface area contributed by atoms with Crippen LogP contribution in [0.4, 0.5) is 0 Å². The first-order valence-electron chi connectivity index (χ1n) is 5.39. The third-order valence-electron chi connectivity index (χ3n) is 2.80. The average Bonchev–Trinajstić information content (AvgIpc) is 2.60. The van der Waals surface area contributed by atoms with Gasteiger partial charge in [0, 0.05) is 0 Å². The van der Waals surface area contributed by atoms with E-state index in [2.05, 4.69) is 0 Å². The van der Waals surface area contributed by atoms with E-state index in [9.17, 15) is 24.6 Å². The number of primary amides is 1. The third-order valence-corrected chi connectivity index (χ3v) is 5.48. The predicted octanol–water partition coefficient (Wildman–Crippen LogP) is -4.96. The fourth-order valence-corrected chi connectivity index (χ4v) is 4.63. The van der Waals surface area contributed by atoms with Crippen LogP contribution >= 0.6 is 23.5 Å². The third kappa shape index (κ3) is 3.02. The summed E-state index contributed by atoms with van der Waals surface area (Å²) in [4.78, 5) is 34.7. The number of carboxylic acid groups (broad SMARTS) is 1. The largest absolute Gasteiger partial charge is 1.00 e. The van der Waals surface area contributed by atoms with Crippen LogP contribution in [-0.4, -0.2) is 45.0 Å². The Morgan fingerprint density at radius 1 is 1.60 bits per heavy atom. The predicted molar refractivity (Wildman–Crippen MR) is 67.1 cm³/mol. The SMILES string of the molecule is C[C@@H](O)[C@H]1C(=O)N2C(C(=O)[O-])=C(SCC(N)=O)S[C@H]12.[Na+].